The lowest BCUT2D eigenvalue weighted by atomic mass is 9.82. The summed E-state index contributed by atoms with van der Waals surface area (Å²) in [5.41, 5.74) is 5.23. The average molecular weight is 318 g/mol. The van der Waals surface area contributed by atoms with Gasteiger partial charge < -0.3 is 9.30 Å². The third-order valence-electron chi connectivity index (χ3n) is 4.98. The van der Waals surface area contributed by atoms with E-state index in [1.165, 1.54) is 16.7 Å². The number of methoxy groups -OCH3 is 1. The number of imidazole rings is 1. The molecule has 0 bridgehead atoms. The Bertz CT molecular complexity index is 798. The van der Waals surface area contributed by atoms with Gasteiger partial charge in [0, 0.05) is 25.3 Å². The zero-order chi connectivity index (χ0) is 16.4. The molecular formula is C21H22N2O. The van der Waals surface area contributed by atoms with Gasteiger partial charge in [0.2, 0.25) is 0 Å². The Labute approximate surface area is 142 Å². The van der Waals surface area contributed by atoms with Crippen LogP contribution in [0.25, 0.3) is 0 Å². The molecule has 0 saturated heterocycles. The largest absolute Gasteiger partial charge is 0.384 e. The number of hydrogen-bond donors (Lipinski definition) is 0. The Morgan fingerprint density at radius 2 is 1.67 bits per heavy atom. The summed E-state index contributed by atoms with van der Waals surface area (Å²) in [6, 6.07) is 19.2. The molecule has 0 fully saturated rings. The molecule has 0 amide bonds. The molecule has 24 heavy (non-hydrogen) atoms. The average Bonchev–Trinajstić information content (AvgIpc) is 3.21. The minimum Gasteiger partial charge on any atom is -0.384 e. The van der Waals surface area contributed by atoms with Crippen molar-refractivity contribution in [2.45, 2.75) is 24.8 Å². The quantitative estimate of drug-likeness (QED) is 0.718. The Balaban J connectivity index is 1.62. The molecule has 3 nitrogen and oxygen atoms in total. The number of rotatable bonds is 5. The Morgan fingerprint density at radius 1 is 1.00 bits per heavy atom. The maximum absolute atomic E-state index is 5.59. The predicted octanol–water partition coefficient (Wildman–Crippen LogP) is 3.61. The second-order valence-electron chi connectivity index (χ2n) is 6.75. The van der Waals surface area contributed by atoms with Crippen molar-refractivity contribution in [1.82, 2.24) is 9.55 Å². The minimum atomic E-state index is -0.0413. The van der Waals surface area contributed by atoms with Gasteiger partial charge in [-0.2, -0.15) is 0 Å². The highest BCUT2D eigenvalue weighted by atomic mass is 16.5. The van der Waals surface area contributed by atoms with Crippen molar-refractivity contribution in [3.05, 3.63) is 89.5 Å². The summed E-state index contributed by atoms with van der Waals surface area (Å²) in [7, 11) is 1.78. The lowest BCUT2D eigenvalue weighted by Crippen LogP contribution is -2.33. The lowest BCUT2D eigenvalue weighted by Gasteiger charge is -2.26. The van der Waals surface area contributed by atoms with Crippen LogP contribution >= 0.6 is 0 Å². The molecule has 3 aromatic rings. The van der Waals surface area contributed by atoms with Crippen LogP contribution in [0.3, 0.4) is 0 Å². The maximum atomic E-state index is 5.59. The van der Waals surface area contributed by atoms with Crippen LogP contribution in [0.4, 0.5) is 0 Å². The second-order valence-corrected chi connectivity index (χ2v) is 6.75. The summed E-state index contributed by atoms with van der Waals surface area (Å²) in [6.45, 7) is 1.55. The van der Waals surface area contributed by atoms with Crippen LogP contribution in [0.2, 0.25) is 0 Å². The highest BCUT2D eigenvalue weighted by molar-refractivity contribution is 5.40. The fourth-order valence-electron chi connectivity index (χ4n) is 3.84. The first-order valence-corrected chi connectivity index (χ1v) is 8.41. The number of aromatic nitrogens is 2. The zero-order valence-electron chi connectivity index (χ0n) is 14.0. The topological polar surface area (TPSA) is 27.1 Å². The normalized spacial score (nSPS) is 15.4. The number of nitrogens with zero attached hydrogens (tertiary/aromatic N) is 2. The molecule has 2 aromatic carbocycles. The number of hydrogen-bond acceptors (Lipinski definition) is 2. The van der Waals surface area contributed by atoms with Gasteiger partial charge in [0.25, 0.3) is 0 Å². The van der Waals surface area contributed by atoms with E-state index in [9.17, 15) is 0 Å². The zero-order valence-corrected chi connectivity index (χ0v) is 14.0. The van der Waals surface area contributed by atoms with Crippen LogP contribution in [0.5, 0.6) is 0 Å². The summed E-state index contributed by atoms with van der Waals surface area (Å²) in [5.74, 6) is 0. The van der Waals surface area contributed by atoms with Gasteiger partial charge in [-0.1, -0.05) is 54.6 Å². The molecule has 0 saturated carbocycles. The fourth-order valence-corrected chi connectivity index (χ4v) is 3.84. The van der Waals surface area contributed by atoms with E-state index in [-0.39, 0.29) is 5.41 Å². The summed E-state index contributed by atoms with van der Waals surface area (Å²) < 4.78 is 7.76. The first-order chi connectivity index (χ1) is 11.8. The molecule has 1 aromatic heterocycles. The van der Waals surface area contributed by atoms with Crippen molar-refractivity contribution in [2.24, 2.45) is 0 Å². The smallest absolute Gasteiger partial charge is 0.0952 e. The van der Waals surface area contributed by atoms with Crippen molar-refractivity contribution in [2.75, 3.05) is 13.7 Å². The van der Waals surface area contributed by atoms with Gasteiger partial charge >= 0.3 is 0 Å². The molecule has 0 N–H and O–H groups in total. The van der Waals surface area contributed by atoms with Gasteiger partial charge in [-0.3, -0.25) is 0 Å². The van der Waals surface area contributed by atoms with E-state index < -0.39 is 0 Å². The van der Waals surface area contributed by atoms with Gasteiger partial charge in [-0.15, -0.1) is 0 Å². The Morgan fingerprint density at radius 3 is 2.33 bits per heavy atom. The SMILES string of the molecule is COCC1(c2cn(Cc3ccccc3)cn2)Cc2ccccc2C1. The molecular weight excluding hydrogens is 296 g/mol. The van der Waals surface area contributed by atoms with Crippen LogP contribution in [-0.4, -0.2) is 23.3 Å². The molecule has 0 atom stereocenters. The van der Waals surface area contributed by atoms with Gasteiger partial charge in [0.15, 0.2) is 0 Å². The van der Waals surface area contributed by atoms with E-state index in [1.807, 2.05) is 12.4 Å². The molecule has 4 rings (SSSR count). The fraction of sp³-hybridized carbons (Fsp3) is 0.286. The van der Waals surface area contributed by atoms with Crippen LogP contribution in [0.1, 0.15) is 22.4 Å². The van der Waals surface area contributed by atoms with Crippen LogP contribution in [0, 0.1) is 0 Å². The molecule has 1 aliphatic rings. The number of benzene rings is 2. The van der Waals surface area contributed by atoms with E-state index >= 15 is 0 Å². The van der Waals surface area contributed by atoms with Crippen molar-refractivity contribution in [1.29, 1.82) is 0 Å². The second kappa shape index (κ2) is 6.25. The van der Waals surface area contributed by atoms with Gasteiger partial charge in [0.1, 0.15) is 0 Å². The van der Waals surface area contributed by atoms with Crippen LogP contribution in [0.15, 0.2) is 67.1 Å². The summed E-state index contributed by atoms with van der Waals surface area (Å²) in [4.78, 5) is 4.75. The van der Waals surface area contributed by atoms with Crippen molar-refractivity contribution in [3.8, 4) is 0 Å². The first kappa shape index (κ1) is 15.2. The van der Waals surface area contributed by atoms with E-state index in [2.05, 4.69) is 59.3 Å². The predicted molar refractivity (Wildman–Crippen MR) is 95.2 cm³/mol. The summed E-state index contributed by atoms with van der Waals surface area (Å²) in [6.07, 6.45) is 6.14. The third-order valence-corrected chi connectivity index (χ3v) is 4.98. The van der Waals surface area contributed by atoms with Gasteiger partial charge in [-0.25, -0.2) is 4.98 Å². The van der Waals surface area contributed by atoms with E-state index in [0.717, 1.165) is 25.1 Å². The molecule has 0 aliphatic heterocycles. The lowest BCUT2D eigenvalue weighted by molar-refractivity contribution is 0.131. The third kappa shape index (κ3) is 2.76. The van der Waals surface area contributed by atoms with Crippen molar-refractivity contribution < 1.29 is 4.74 Å². The van der Waals surface area contributed by atoms with Crippen molar-refractivity contribution >= 4 is 0 Å². The van der Waals surface area contributed by atoms with Crippen LogP contribution < -0.4 is 0 Å². The van der Waals surface area contributed by atoms with Gasteiger partial charge in [-0.05, 0) is 29.5 Å². The highest BCUT2D eigenvalue weighted by Gasteiger charge is 2.40. The molecule has 0 radical (unpaired) electrons. The van der Waals surface area contributed by atoms with E-state index in [1.54, 1.807) is 7.11 Å². The Hall–Kier alpha value is -2.39. The van der Waals surface area contributed by atoms with E-state index in [4.69, 9.17) is 9.72 Å². The monoisotopic (exact) mass is 318 g/mol. The molecule has 0 unspecified atom stereocenters. The first-order valence-electron chi connectivity index (χ1n) is 8.41. The van der Waals surface area contributed by atoms with Crippen molar-refractivity contribution in [3.63, 3.8) is 0 Å². The number of fused-ring (bicyclic) bond motifs is 1. The molecule has 3 heteroatoms. The molecule has 1 aliphatic carbocycles. The van der Waals surface area contributed by atoms with Crippen LogP contribution in [-0.2, 0) is 29.5 Å². The van der Waals surface area contributed by atoms with Gasteiger partial charge in [0.05, 0.1) is 18.6 Å². The minimum absolute atomic E-state index is 0.0413. The summed E-state index contributed by atoms with van der Waals surface area (Å²) in [5, 5.41) is 0. The molecule has 1 heterocycles. The van der Waals surface area contributed by atoms with E-state index in [0.29, 0.717) is 6.61 Å². The Kier molecular flexibility index (Phi) is 3.95. The molecule has 0 spiro atoms. The number of ether oxygens (including phenoxy) is 1. The molecule has 122 valence electrons. The summed E-state index contributed by atoms with van der Waals surface area (Å²) >= 11 is 0. The standard InChI is InChI=1S/C21H22N2O/c1-24-15-21(11-18-9-5-6-10-19(18)12-21)20-14-23(16-22-20)13-17-7-3-2-4-8-17/h2-10,14,16H,11-13,15H2,1H3. The maximum Gasteiger partial charge on any atom is 0.0952 e. The highest BCUT2D eigenvalue weighted by Crippen LogP contribution is 2.39.